The third-order valence-corrected chi connectivity index (χ3v) is 6.06. The van der Waals surface area contributed by atoms with Gasteiger partial charge in [-0.05, 0) is 29.8 Å². The summed E-state index contributed by atoms with van der Waals surface area (Å²) in [5.41, 5.74) is 3.03. The van der Waals surface area contributed by atoms with E-state index >= 15 is 0 Å². The van der Waals surface area contributed by atoms with Gasteiger partial charge in [0.2, 0.25) is 11.8 Å². The standard InChI is InChI=1S/C22H24N4O2S/c1-2-20(27)24-22-23-18-9-8-16(14-19(18)29-22)15-21(28)26-12-10-25(11-13-26)17-6-4-3-5-7-17/h3-9,14H,2,10-13,15H2,1H3,(H,23,24,27). The molecule has 6 nitrogen and oxygen atoms in total. The number of nitrogens with one attached hydrogen (secondary N) is 1. The van der Waals surface area contributed by atoms with E-state index in [-0.39, 0.29) is 11.8 Å². The van der Waals surface area contributed by atoms with Crippen LogP contribution in [0.4, 0.5) is 10.8 Å². The topological polar surface area (TPSA) is 65.5 Å². The molecule has 0 radical (unpaired) electrons. The third kappa shape index (κ3) is 4.56. The minimum Gasteiger partial charge on any atom is -0.368 e. The van der Waals surface area contributed by atoms with E-state index in [9.17, 15) is 9.59 Å². The molecule has 1 fully saturated rings. The molecule has 0 atom stereocenters. The highest BCUT2D eigenvalue weighted by Gasteiger charge is 2.21. The van der Waals surface area contributed by atoms with Crippen LogP contribution in [0.1, 0.15) is 18.9 Å². The predicted molar refractivity (Wildman–Crippen MR) is 117 cm³/mol. The minimum absolute atomic E-state index is 0.0471. The molecule has 2 amide bonds. The van der Waals surface area contributed by atoms with Crippen molar-refractivity contribution in [3.05, 3.63) is 54.1 Å². The molecule has 0 aliphatic carbocycles. The number of fused-ring (bicyclic) bond motifs is 1. The van der Waals surface area contributed by atoms with Crippen molar-refractivity contribution in [3.8, 4) is 0 Å². The molecule has 0 bridgehead atoms. The van der Waals surface area contributed by atoms with Crippen molar-refractivity contribution >= 4 is 44.2 Å². The zero-order valence-corrected chi connectivity index (χ0v) is 17.2. The van der Waals surface area contributed by atoms with E-state index in [1.165, 1.54) is 17.0 Å². The number of benzene rings is 2. The van der Waals surface area contributed by atoms with Gasteiger partial charge in [-0.2, -0.15) is 0 Å². The van der Waals surface area contributed by atoms with Gasteiger partial charge in [0, 0.05) is 38.3 Å². The number of aromatic nitrogens is 1. The van der Waals surface area contributed by atoms with Gasteiger partial charge in [0.05, 0.1) is 16.6 Å². The van der Waals surface area contributed by atoms with Crippen molar-refractivity contribution in [1.82, 2.24) is 9.88 Å². The van der Waals surface area contributed by atoms with Gasteiger partial charge in [-0.15, -0.1) is 0 Å². The molecule has 1 aliphatic heterocycles. The predicted octanol–water partition coefficient (Wildman–Crippen LogP) is 3.54. The van der Waals surface area contributed by atoms with E-state index in [0.29, 0.717) is 18.0 Å². The van der Waals surface area contributed by atoms with Crippen molar-refractivity contribution in [1.29, 1.82) is 0 Å². The number of carbonyl (C=O) groups is 2. The Morgan fingerprint density at radius 3 is 2.55 bits per heavy atom. The van der Waals surface area contributed by atoms with Crippen LogP contribution >= 0.6 is 11.3 Å². The Bertz CT molecular complexity index is 1010. The third-order valence-electron chi connectivity index (χ3n) is 5.13. The molecule has 7 heteroatoms. The Hall–Kier alpha value is -2.93. The minimum atomic E-state index is -0.0471. The van der Waals surface area contributed by atoms with Crippen molar-refractivity contribution in [3.63, 3.8) is 0 Å². The average Bonchev–Trinajstić information content (AvgIpc) is 3.15. The molecule has 1 saturated heterocycles. The molecule has 1 aromatic heterocycles. The van der Waals surface area contributed by atoms with Gasteiger partial charge in [-0.3, -0.25) is 9.59 Å². The monoisotopic (exact) mass is 408 g/mol. The number of thiazole rings is 1. The molecule has 1 aliphatic rings. The fraction of sp³-hybridized carbons (Fsp3) is 0.318. The van der Waals surface area contributed by atoms with Gasteiger partial charge in [0.15, 0.2) is 5.13 Å². The van der Waals surface area contributed by atoms with E-state index in [4.69, 9.17) is 0 Å². The molecule has 29 heavy (non-hydrogen) atoms. The Morgan fingerprint density at radius 1 is 1.07 bits per heavy atom. The summed E-state index contributed by atoms with van der Waals surface area (Å²) in [6, 6.07) is 16.2. The van der Waals surface area contributed by atoms with Gasteiger partial charge in [-0.25, -0.2) is 4.98 Å². The number of rotatable bonds is 5. The fourth-order valence-electron chi connectivity index (χ4n) is 3.48. The highest BCUT2D eigenvalue weighted by Crippen LogP contribution is 2.27. The number of hydrogen-bond donors (Lipinski definition) is 1. The van der Waals surface area contributed by atoms with Crippen LogP contribution in [0.2, 0.25) is 0 Å². The van der Waals surface area contributed by atoms with Crippen LogP contribution in [0.15, 0.2) is 48.5 Å². The highest BCUT2D eigenvalue weighted by atomic mass is 32.1. The lowest BCUT2D eigenvalue weighted by Crippen LogP contribution is -2.49. The molecule has 2 heterocycles. The second-order valence-corrected chi connectivity index (χ2v) is 8.13. The van der Waals surface area contributed by atoms with Crippen LogP contribution in [-0.4, -0.2) is 47.9 Å². The number of amides is 2. The molecular formula is C22H24N4O2S. The smallest absolute Gasteiger partial charge is 0.227 e. The van der Waals surface area contributed by atoms with Gasteiger partial charge >= 0.3 is 0 Å². The van der Waals surface area contributed by atoms with Crippen LogP contribution in [0.25, 0.3) is 10.2 Å². The summed E-state index contributed by atoms with van der Waals surface area (Å²) in [4.78, 5) is 33.0. The Balaban J connectivity index is 1.37. The Morgan fingerprint density at radius 2 is 1.83 bits per heavy atom. The molecule has 4 rings (SSSR count). The quantitative estimate of drug-likeness (QED) is 0.701. The average molecular weight is 409 g/mol. The molecule has 0 spiro atoms. The summed E-state index contributed by atoms with van der Waals surface area (Å²) >= 11 is 1.44. The zero-order valence-electron chi connectivity index (χ0n) is 16.4. The number of piperazine rings is 1. The summed E-state index contributed by atoms with van der Waals surface area (Å²) in [6.45, 7) is 4.99. The first-order chi connectivity index (χ1) is 14.1. The summed E-state index contributed by atoms with van der Waals surface area (Å²) < 4.78 is 0.982. The van der Waals surface area contributed by atoms with E-state index < -0.39 is 0 Å². The Kier molecular flexibility index (Phi) is 5.76. The highest BCUT2D eigenvalue weighted by molar-refractivity contribution is 7.22. The van der Waals surface area contributed by atoms with Crippen molar-refractivity contribution < 1.29 is 9.59 Å². The Labute approximate surface area is 174 Å². The van der Waals surface area contributed by atoms with Crippen molar-refractivity contribution in [2.75, 3.05) is 36.4 Å². The molecule has 1 N–H and O–H groups in total. The summed E-state index contributed by atoms with van der Waals surface area (Å²) in [5.74, 6) is 0.107. The van der Waals surface area contributed by atoms with E-state index in [1.54, 1.807) is 0 Å². The zero-order chi connectivity index (χ0) is 20.2. The number of para-hydroxylation sites is 1. The largest absolute Gasteiger partial charge is 0.368 e. The summed E-state index contributed by atoms with van der Waals surface area (Å²) in [7, 11) is 0. The lowest BCUT2D eigenvalue weighted by Gasteiger charge is -2.36. The molecule has 3 aromatic rings. The molecule has 2 aromatic carbocycles. The van der Waals surface area contributed by atoms with Gasteiger partial charge in [-0.1, -0.05) is 42.5 Å². The molecule has 150 valence electrons. The lowest BCUT2D eigenvalue weighted by molar-refractivity contribution is -0.130. The van der Waals surface area contributed by atoms with Crippen LogP contribution in [0, 0.1) is 0 Å². The van der Waals surface area contributed by atoms with Crippen molar-refractivity contribution in [2.45, 2.75) is 19.8 Å². The maximum Gasteiger partial charge on any atom is 0.227 e. The molecule has 0 saturated carbocycles. The number of hydrogen-bond acceptors (Lipinski definition) is 5. The lowest BCUT2D eigenvalue weighted by atomic mass is 10.1. The normalized spacial score (nSPS) is 14.2. The number of nitrogens with zero attached hydrogens (tertiary/aromatic N) is 3. The SMILES string of the molecule is CCC(=O)Nc1nc2ccc(CC(=O)N3CCN(c4ccccc4)CC3)cc2s1. The van der Waals surface area contributed by atoms with E-state index in [2.05, 4.69) is 27.3 Å². The second-order valence-electron chi connectivity index (χ2n) is 7.10. The summed E-state index contributed by atoms with van der Waals surface area (Å²) in [6.07, 6.45) is 0.809. The van der Waals surface area contributed by atoms with Crippen LogP contribution < -0.4 is 10.2 Å². The van der Waals surface area contributed by atoms with Crippen LogP contribution in [-0.2, 0) is 16.0 Å². The van der Waals surface area contributed by atoms with E-state index in [1.807, 2.05) is 48.2 Å². The van der Waals surface area contributed by atoms with Gasteiger partial charge < -0.3 is 15.1 Å². The summed E-state index contributed by atoms with van der Waals surface area (Å²) in [5, 5.41) is 3.40. The first-order valence-corrected chi connectivity index (χ1v) is 10.7. The number of carbonyl (C=O) groups excluding carboxylic acids is 2. The van der Waals surface area contributed by atoms with Crippen molar-refractivity contribution in [2.24, 2.45) is 0 Å². The fourth-order valence-corrected chi connectivity index (χ4v) is 4.43. The maximum atomic E-state index is 12.8. The van der Waals surface area contributed by atoms with E-state index in [0.717, 1.165) is 42.0 Å². The van der Waals surface area contributed by atoms with Gasteiger partial charge in [0.1, 0.15) is 0 Å². The first kappa shape index (κ1) is 19.4. The first-order valence-electron chi connectivity index (χ1n) is 9.89. The van der Waals surface area contributed by atoms with Crippen LogP contribution in [0.5, 0.6) is 0 Å². The van der Waals surface area contributed by atoms with Crippen LogP contribution in [0.3, 0.4) is 0 Å². The molecule has 0 unspecified atom stereocenters. The van der Waals surface area contributed by atoms with Gasteiger partial charge in [0.25, 0.3) is 0 Å². The second kappa shape index (κ2) is 8.61. The molecular weight excluding hydrogens is 384 g/mol. The maximum absolute atomic E-state index is 12.8. The number of anilines is 2.